The summed E-state index contributed by atoms with van der Waals surface area (Å²) >= 11 is 11.3. The van der Waals surface area contributed by atoms with Crippen molar-refractivity contribution in [2.45, 2.75) is 25.7 Å². The van der Waals surface area contributed by atoms with Gasteiger partial charge in [0.25, 0.3) is 5.17 Å². The number of rotatable bonds is 12. The molecule has 0 unspecified atom stereocenters. The van der Waals surface area contributed by atoms with Crippen LogP contribution in [0, 0.1) is 0 Å². The molecule has 0 bridgehead atoms. The predicted molar refractivity (Wildman–Crippen MR) is 131 cm³/mol. The molecule has 2 aromatic carbocycles. The number of unbranched alkanes of at least 4 members (excludes halogenated alkanes) is 3. The lowest BCUT2D eigenvalue weighted by Crippen LogP contribution is -2.29. The standard InChI is InChI=1S/C24H31ClN2O2S/c1-4-17-26(2)18-7-5-6-8-19-28-22-15-11-21(12-16-22)27(3)24(30)29-23-13-9-20(25)10-14-23/h4,9-16H,1,5-8,17-19H2,2-3H3. The fourth-order valence-electron chi connectivity index (χ4n) is 2.88. The Balaban J connectivity index is 1.68. The lowest BCUT2D eigenvalue weighted by atomic mass is 10.2. The second-order valence-electron chi connectivity index (χ2n) is 7.19. The van der Waals surface area contributed by atoms with Crippen molar-refractivity contribution < 1.29 is 9.47 Å². The highest BCUT2D eigenvalue weighted by atomic mass is 35.5. The normalized spacial score (nSPS) is 10.7. The fraction of sp³-hybridized carbons (Fsp3) is 0.375. The van der Waals surface area contributed by atoms with Crippen molar-refractivity contribution in [3.8, 4) is 11.5 Å². The predicted octanol–water partition coefficient (Wildman–Crippen LogP) is 6.20. The van der Waals surface area contributed by atoms with Gasteiger partial charge in [-0.25, -0.2) is 0 Å². The van der Waals surface area contributed by atoms with Crippen LogP contribution < -0.4 is 14.4 Å². The molecule has 2 rings (SSSR count). The molecule has 0 fully saturated rings. The number of benzene rings is 2. The van der Waals surface area contributed by atoms with Gasteiger partial charge in [-0.3, -0.25) is 0 Å². The molecule has 0 aromatic heterocycles. The van der Waals surface area contributed by atoms with Crippen molar-refractivity contribution >= 4 is 34.7 Å². The second kappa shape index (κ2) is 13.3. The van der Waals surface area contributed by atoms with Gasteiger partial charge in [0.05, 0.1) is 6.61 Å². The van der Waals surface area contributed by atoms with Crippen molar-refractivity contribution in [3.05, 3.63) is 66.2 Å². The van der Waals surface area contributed by atoms with E-state index in [0.29, 0.717) is 15.9 Å². The molecule has 4 nitrogen and oxygen atoms in total. The highest BCUT2D eigenvalue weighted by Crippen LogP contribution is 2.21. The summed E-state index contributed by atoms with van der Waals surface area (Å²) in [6, 6.07) is 15.0. The highest BCUT2D eigenvalue weighted by molar-refractivity contribution is 7.80. The van der Waals surface area contributed by atoms with Crippen LogP contribution in [0.25, 0.3) is 0 Å². The Morgan fingerprint density at radius 3 is 2.27 bits per heavy atom. The van der Waals surface area contributed by atoms with Gasteiger partial charge >= 0.3 is 0 Å². The van der Waals surface area contributed by atoms with Gasteiger partial charge in [-0.2, -0.15) is 0 Å². The quantitative estimate of drug-likeness (QED) is 0.219. The van der Waals surface area contributed by atoms with Crippen LogP contribution in [0.2, 0.25) is 5.02 Å². The molecule has 0 radical (unpaired) electrons. The molecule has 0 aliphatic carbocycles. The minimum atomic E-state index is 0.365. The van der Waals surface area contributed by atoms with Crippen LogP contribution >= 0.6 is 23.8 Å². The molecule has 0 atom stereocenters. The molecular formula is C24H31ClN2O2S. The van der Waals surface area contributed by atoms with Crippen molar-refractivity contribution in [2.75, 3.05) is 38.7 Å². The monoisotopic (exact) mass is 446 g/mol. The minimum Gasteiger partial charge on any atom is -0.494 e. The summed E-state index contributed by atoms with van der Waals surface area (Å²) in [5.41, 5.74) is 0.935. The van der Waals surface area contributed by atoms with Crippen LogP contribution in [-0.2, 0) is 0 Å². The first kappa shape index (κ1) is 24.2. The van der Waals surface area contributed by atoms with E-state index in [0.717, 1.165) is 37.6 Å². The number of thiocarbonyl (C=S) groups is 1. The zero-order chi connectivity index (χ0) is 21.8. The van der Waals surface area contributed by atoms with Crippen LogP contribution in [0.4, 0.5) is 5.69 Å². The third kappa shape index (κ3) is 8.74. The van der Waals surface area contributed by atoms with Crippen molar-refractivity contribution in [1.29, 1.82) is 0 Å². The maximum Gasteiger partial charge on any atom is 0.269 e. The third-order valence-electron chi connectivity index (χ3n) is 4.66. The first-order chi connectivity index (χ1) is 14.5. The zero-order valence-corrected chi connectivity index (χ0v) is 19.4. The lowest BCUT2D eigenvalue weighted by Gasteiger charge is -2.20. The Kier molecular flexibility index (Phi) is 10.7. The number of halogens is 1. The van der Waals surface area contributed by atoms with Crippen LogP contribution in [0.15, 0.2) is 61.2 Å². The van der Waals surface area contributed by atoms with E-state index in [-0.39, 0.29) is 0 Å². The minimum absolute atomic E-state index is 0.365. The smallest absolute Gasteiger partial charge is 0.269 e. The highest BCUT2D eigenvalue weighted by Gasteiger charge is 2.10. The number of anilines is 1. The Morgan fingerprint density at radius 2 is 1.60 bits per heavy atom. The first-order valence-electron chi connectivity index (χ1n) is 10.2. The van der Waals surface area contributed by atoms with E-state index >= 15 is 0 Å². The Hall–Kier alpha value is -2.08. The molecule has 0 heterocycles. The largest absolute Gasteiger partial charge is 0.494 e. The summed E-state index contributed by atoms with van der Waals surface area (Å²) in [6.07, 6.45) is 6.62. The molecule has 0 aliphatic rings. The summed E-state index contributed by atoms with van der Waals surface area (Å²) < 4.78 is 11.6. The fourth-order valence-corrected chi connectivity index (χ4v) is 3.21. The molecule has 162 valence electrons. The Morgan fingerprint density at radius 1 is 0.967 bits per heavy atom. The van der Waals surface area contributed by atoms with Gasteiger partial charge in [0.15, 0.2) is 0 Å². The van der Waals surface area contributed by atoms with Gasteiger partial charge in [-0.1, -0.05) is 30.5 Å². The molecule has 0 saturated carbocycles. The molecule has 0 spiro atoms. The maximum absolute atomic E-state index is 5.90. The van der Waals surface area contributed by atoms with E-state index in [1.807, 2.05) is 42.3 Å². The number of likely N-dealkylation sites (N-methyl/N-ethyl adjacent to an activating group) is 1. The average molecular weight is 447 g/mol. The molecule has 2 aromatic rings. The Labute approximate surface area is 191 Å². The van der Waals surface area contributed by atoms with E-state index in [1.165, 1.54) is 19.3 Å². The van der Waals surface area contributed by atoms with Crippen molar-refractivity contribution in [2.24, 2.45) is 0 Å². The topological polar surface area (TPSA) is 24.9 Å². The third-order valence-corrected chi connectivity index (χ3v) is 5.27. The van der Waals surface area contributed by atoms with Crippen molar-refractivity contribution in [1.82, 2.24) is 4.90 Å². The van der Waals surface area contributed by atoms with E-state index < -0.39 is 0 Å². The molecule has 6 heteroatoms. The van der Waals surface area contributed by atoms with Gasteiger partial charge in [-0.05, 0) is 87.2 Å². The van der Waals surface area contributed by atoms with Gasteiger partial charge in [0.1, 0.15) is 11.5 Å². The summed E-state index contributed by atoms with van der Waals surface area (Å²) in [7, 11) is 4.00. The molecule has 0 amide bonds. The van der Waals surface area contributed by atoms with Gasteiger partial charge in [0, 0.05) is 24.3 Å². The van der Waals surface area contributed by atoms with Crippen LogP contribution in [-0.4, -0.2) is 43.9 Å². The average Bonchev–Trinajstić information content (AvgIpc) is 2.74. The van der Waals surface area contributed by atoms with Gasteiger partial charge in [0.2, 0.25) is 0 Å². The number of nitrogens with zero attached hydrogens (tertiary/aromatic N) is 2. The van der Waals surface area contributed by atoms with Crippen LogP contribution in [0.5, 0.6) is 11.5 Å². The number of ether oxygens (including phenoxy) is 2. The van der Waals surface area contributed by atoms with E-state index in [2.05, 4.69) is 18.5 Å². The molecular weight excluding hydrogens is 416 g/mol. The molecule has 0 N–H and O–H groups in total. The SMILES string of the molecule is C=CCN(C)CCCCCCOc1ccc(N(C)C(=S)Oc2ccc(Cl)cc2)cc1. The van der Waals surface area contributed by atoms with E-state index in [9.17, 15) is 0 Å². The van der Waals surface area contributed by atoms with Crippen LogP contribution in [0.3, 0.4) is 0 Å². The number of hydrogen-bond acceptors (Lipinski definition) is 4. The van der Waals surface area contributed by atoms with Crippen LogP contribution in [0.1, 0.15) is 25.7 Å². The molecule has 0 saturated heterocycles. The first-order valence-corrected chi connectivity index (χ1v) is 11.0. The molecule has 0 aliphatic heterocycles. The summed E-state index contributed by atoms with van der Waals surface area (Å²) in [5.74, 6) is 1.52. The van der Waals surface area contributed by atoms with E-state index in [1.54, 1.807) is 24.3 Å². The van der Waals surface area contributed by atoms with Gasteiger partial charge in [-0.15, -0.1) is 6.58 Å². The maximum atomic E-state index is 5.90. The zero-order valence-electron chi connectivity index (χ0n) is 17.9. The Bertz CT molecular complexity index is 781. The number of hydrogen-bond donors (Lipinski definition) is 0. The lowest BCUT2D eigenvalue weighted by molar-refractivity contribution is 0.300. The summed E-state index contributed by atoms with van der Waals surface area (Å²) in [5, 5.41) is 1.03. The van der Waals surface area contributed by atoms with E-state index in [4.69, 9.17) is 33.3 Å². The van der Waals surface area contributed by atoms with Crippen molar-refractivity contribution in [3.63, 3.8) is 0 Å². The second-order valence-corrected chi connectivity index (χ2v) is 7.97. The summed E-state index contributed by atoms with van der Waals surface area (Å²) in [6.45, 7) is 6.56. The summed E-state index contributed by atoms with van der Waals surface area (Å²) in [4.78, 5) is 4.10. The van der Waals surface area contributed by atoms with Gasteiger partial charge < -0.3 is 19.3 Å². The molecule has 30 heavy (non-hydrogen) atoms.